The molecule has 0 spiro atoms. The molecule has 0 unspecified atom stereocenters. The van der Waals surface area contributed by atoms with E-state index in [1.54, 1.807) is 0 Å². The molecule has 104 valence electrons. The van der Waals surface area contributed by atoms with Crippen molar-refractivity contribution in [3.63, 3.8) is 0 Å². The van der Waals surface area contributed by atoms with Crippen LogP contribution < -0.4 is 10.1 Å². The molecule has 2 atom stereocenters. The second kappa shape index (κ2) is 6.57. The SMILES string of the molecule is Cc1ccccc1OCC(=O)N[C@H]1CCCC[C@@H]1O. The van der Waals surface area contributed by atoms with Crippen LogP contribution in [0.5, 0.6) is 5.75 Å². The van der Waals surface area contributed by atoms with E-state index in [0.29, 0.717) is 0 Å². The van der Waals surface area contributed by atoms with Crippen LogP contribution in [0.3, 0.4) is 0 Å². The summed E-state index contributed by atoms with van der Waals surface area (Å²) in [4.78, 5) is 11.8. The summed E-state index contributed by atoms with van der Waals surface area (Å²) in [5, 5.41) is 12.6. The summed E-state index contributed by atoms with van der Waals surface area (Å²) in [5.74, 6) is 0.552. The third kappa shape index (κ3) is 3.96. The molecule has 0 aliphatic heterocycles. The first-order valence-corrected chi connectivity index (χ1v) is 6.82. The molecule has 0 radical (unpaired) electrons. The van der Waals surface area contributed by atoms with Crippen LogP contribution >= 0.6 is 0 Å². The number of aliphatic hydroxyl groups is 1. The van der Waals surface area contributed by atoms with Gasteiger partial charge in [-0.1, -0.05) is 31.0 Å². The number of para-hydroxylation sites is 1. The number of benzene rings is 1. The number of hydrogen-bond donors (Lipinski definition) is 2. The first-order chi connectivity index (χ1) is 9.16. The molecule has 1 fully saturated rings. The Hall–Kier alpha value is -1.55. The molecule has 1 saturated carbocycles. The van der Waals surface area contributed by atoms with E-state index in [1.807, 2.05) is 31.2 Å². The number of amides is 1. The molecule has 1 aromatic carbocycles. The molecular weight excluding hydrogens is 242 g/mol. The Morgan fingerprint density at radius 1 is 1.37 bits per heavy atom. The van der Waals surface area contributed by atoms with E-state index in [1.165, 1.54) is 0 Å². The molecule has 1 aliphatic rings. The summed E-state index contributed by atoms with van der Waals surface area (Å²) in [7, 11) is 0. The Bertz CT molecular complexity index is 433. The van der Waals surface area contributed by atoms with Crippen molar-refractivity contribution >= 4 is 5.91 Å². The number of carbonyl (C=O) groups excluding carboxylic acids is 1. The lowest BCUT2D eigenvalue weighted by molar-refractivity contribution is -0.125. The van der Waals surface area contributed by atoms with Gasteiger partial charge in [0.15, 0.2) is 6.61 Å². The second-order valence-electron chi connectivity index (χ2n) is 5.08. The first kappa shape index (κ1) is 13.9. The summed E-state index contributed by atoms with van der Waals surface area (Å²) in [6.45, 7) is 1.94. The smallest absolute Gasteiger partial charge is 0.258 e. The molecule has 0 saturated heterocycles. The number of ether oxygens (including phenoxy) is 1. The summed E-state index contributed by atoms with van der Waals surface area (Å²) in [6.07, 6.45) is 3.28. The van der Waals surface area contributed by atoms with Gasteiger partial charge in [-0.2, -0.15) is 0 Å². The van der Waals surface area contributed by atoms with E-state index < -0.39 is 6.10 Å². The molecule has 0 aromatic heterocycles. The normalized spacial score (nSPS) is 22.8. The zero-order chi connectivity index (χ0) is 13.7. The van der Waals surface area contributed by atoms with E-state index in [-0.39, 0.29) is 18.6 Å². The Morgan fingerprint density at radius 2 is 2.11 bits per heavy atom. The zero-order valence-electron chi connectivity index (χ0n) is 11.3. The van der Waals surface area contributed by atoms with E-state index in [0.717, 1.165) is 37.0 Å². The summed E-state index contributed by atoms with van der Waals surface area (Å²) in [6, 6.07) is 7.48. The molecular formula is C15H21NO3. The summed E-state index contributed by atoms with van der Waals surface area (Å²) >= 11 is 0. The number of carbonyl (C=O) groups is 1. The van der Waals surface area contributed by atoms with Crippen LogP contribution in [-0.4, -0.2) is 29.8 Å². The van der Waals surface area contributed by atoms with E-state index in [2.05, 4.69) is 5.32 Å². The maximum absolute atomic E-state index is 11.8. The predicted molar refractivity (Wildman–Crippen MR) is 73.1 cm³/mol. The summed E-state index contributed by atoms with van der Waals surface area (Å²) in [5.41, 5.74) is 1.01. The van der Waals surface area contributed by atoms with Crippen molar-refractivity contribution in [2.75, 3.05) is 6.61 Å². The van der Waals surface area contributed by atoms with Gasteiger partial charge in [-0.25, -0.2) is 0 Å². The molecule has 0 bridgehead atoms. The first-order valence-electron chi connectivity index (χ1n) is 6.82. The monoisotopic (exact) mass is 263 g/mol. The molecule has 1 aromatic rings. The lowest BCUT2D eigenvalue weighted by atomic mass is 9.92. The van der Waals surface area contributed by atoms with Gasteiger partial charge in [0.1, 0.15) is 5.75 Å². The number of hydrogen-bond acceptors (Lipinski definition) is 3. The van der Waals surface area contributed by atoms with E-state index in [9.17, 15) is 9.90 Å². The quantitative estimate of drug-likeness (QED) is 0.870. The van der Waals surface area contributed by atoms with Gasteiger partial charge in [0, 0.05) is 0 Å². The summed E-state index contributed by atoms with van der Waals surface area (Å²) < 4.78 is 5.48. The third-order valence-corrected chi connectivity index (χ3v) is 3.53. The highest BCUT2D eigenvalue weighted by atomic mass is 16.5. The minimum Gasteiger partial charge on any atom is -0.484 e. The molecule has 1 aliphatic carbocycles. The van der Waals surface area contributed by atoms with Crippen LogP contribution in [0.2, 0.25) is 0 Å². The maximum Gasteiger partial charge on any atom is 0.258 e. The van der Waals surface area contributed by atoms with Crippen molar-refractivity contribution in [1.29, 1.82) is 0 Å². The van der Waals surface area contributed by atoms with Gasteiger partial charge in [-0.3, -0.25) is 4.79 Å². The maximum atomic E-state index is 11.8. The average molecular weight is 263 g/mol. The van der Waals surface area contributed by atoms with Gasteiger partial charge >= 0.3 is 0 Å². The van der Waals surface area contributed by atoms with Gasteiger partial charge in [0.05, 0.1) is 12.1 Å². The van der Waals surface area contributed by atoms with Gasteiger partial charge in [-0.15, -0.1) is 0 Å². The van der Waals surface area contributed by atoms with Crippen LogP contribution in [0.1, 0.15) is 31.2 Å². The minimum absolute atomic E-state index is 0.00588. The highest BCUT2D eigenvalue weighted by Crippen LogP contribution is 2.19. The Balaban J connectivity index is 1.80. The molecule has 4 heteroatoms. The van der Waals surface area contributed by atoms with Crippen molar-refractivity contribution in [1.82, 2.24) is 5.32 Å². The van der Waals surface area contributed by atoms with Crippen molar-refractivity contribution in [2.45, 2.75) is 44.8 Å². The minimum atomic E-state index is -0.420. The average Bonchev–Trinajstić information content (AvgIpc) is 2.40. The Kier molecular flexibility index (Phi) is 4.80. The fourth-order valence-electron chi connectivity index (χ4n) is 2.39. The highest BCUT2D eigenvalue weighted by Gasteiger charge is 2.24. The van der Waals surface area contributed by atoms with Crippen molar-refractivity contribution < 1.29 is 14.6 Å². The van der Waals surface area contributed by atoms with Crippen molar-refractivity contribution in [3.8, 4) is 5.75 Å². The van der Waals surface area contributed by atoms with E-state index in [4.69, 9.17) is 4.74 Å². The van der Waals surface area contributed by atoms with Crippen molar-refractivity contribution in [2.24, 2.45) is 0 Å². The number of aryl methyl sites for hydroxylation is 1. The fourth-order valence-corrected chi connectivity index (χ4v) is 2.39. The standard InChI is InChI=1S/C15H21NO3/c1-11-6-2-5-9-14(11)19-10-15(18)16-12-7-3-4-8-13(12)17/h2,5-6,9,12-13,17H,3-4,7-8,10H2,1H3,(H,16,18)/t12-,13-/m0/s1. The van der Waals surface area contributed by atoms with Crippen LogP contribution in [0.4, 0.5) is 0 Å². The highest BCUT2D eigenvalue weighted by molar-refractivity contribution is 5.78. The molecule has 0 heterocycles. The van der Waals surface area contributed by atoms with Crippen LogP contribution in [0.25, 0.3) is 0 Å². The number of rotatable bonds is 4. The zero-order valence-corrected chi connectivity index (χ0v) is 11.3. The molecule has 4 nitrogen and oxygen atoms in total. The topological polar surface area (TPSA) is 58.6 Å². The predicted octanol–water partition coefficient (Wildman–Crippen LogP) is 1.79. The van der Waals surface area contributed by atoms with Gasteiger partial charge in [0.25, 0.3) is 5.91 Å². The Morgan fingerprint density at radius 3 is 2.84 bits per heavy atom. The van der Waals surface area contributed by atoms with Crippen LogP contribution in [-0.2, 0) is 4.79 Å². The lowest BCUT2D eigenvalue weighted by Crippen LogP contribution is -2.46. The van der Waals surface area contributed by atoms with Gasteiger partial charge < -0.3 is 15.2 Å². The third-order valence-electron chi connectivity index (χ3n) is 3.53. The fraction of sp³-hybridized carbons (Fsp3) is 0.533. The number of aliphatic hydroxyl groups excluding tert-OH is 1. The molecule has 2 N–H and O–H groups in total. The lowest BCUT2D eigenvalue weighted by Gasteiger charge is -2.28. The van der Waals surface area contributed by atoms with Crippen LogP contribution in [0.15, 0.2) is 24.3 Å². The number of nitrogens with one attached hydrogen (secondary N) is 1. The second-order valence-corrected chi connectivity index (χ2v) is 5.08. The van der Waals surface area contributed by atoms with Crippen molar-refractivity contribution in [3.05, 3.63) is 29.8 Å². The van der Waals surface area contributed by atoms with Gasteiger partial charge in [0.2, 0.25) is 0 Å². The molecule has 1 amide bonds. The van der Waals surface area contributed by atoms with Crippen LogP contribution in [0, 0.1) is 6.92 Å². The van der Waals surface area contributed by atoms with Gasteiger partial charge in [-0.05, 0) is 31.4 Å². The molecule has 2 rings (SSSR count). The largest absolute Gasteiger partial charge is 0.484 e. The van der Waals surface area contributed by atoms with E-state index >= 15 is 0 Å². The molecule has 19 heavy (non-hydrogen) atoms. The Labute approximate surface area is 113 Å².